The summed E-state index contributed by atoms with van der Waals surface area (Å²) in [6.07, 6.45) is 3.27. The standard InChI is InChI=1S/C14H16N2OSi/c1-18(2,3)17-14(11-15,12-16)10-9-13-7-5-4-6-8-13/h4-10H,1-3H3. The van der Waals surface area contributed by atoms with E-state index in [-0.39, 0.29) is 0 Å². The number of nitriles is 2. The van der Waals surface area contributed by atoms with Crippen LogP contribution in [0.2, 0.25) is 19.6 Å². The molecule has 0 heterocycles. The van der Waals surface area contributed by atoms with E-state index in [0.717, 1.165) is 5.56 Å². The predicted molar refractivity (Wildman–Crippen MR) is 73.9 cm³/mol. The van der Waals surface area contributed by atoms with E-state index in [0.29, 0.717) is 0 Å². The second-order valence-electron chi connectivity index (χ2n) is 4.92. The molecule has 0 aliphatic carbocycles. The predicted octanol–water partition coefficient (Wildman–Crippen LogP) is 3.34. The molecule has 4 heteroatoms. The largest absolute Gasteiger partial charge is 0.386 e. The van der Waals surface area contributed by atoms with Crippen molar-refractivity contribution in [3.8, 4) is 12.1 Å². The van der Waals surface area contributed by atoms with Crippen LogP contribution in [0, 0.1) is 22.7 Å². The lowest BCUT2D eigenvalue weighted by Crippen LogP contribution is -2.39. The third kappa shape index (κ3) is 4.18. The van der Waals surface area contributed by atoms with E-state index >= 15 is 0 Å². The third-order valence-electron chi connectivity index (χ3n) is 2.11. The smallest absolute Gasteiger partial charge is 0.251 e. The van der Waals surface area contributed by atoms with Crippen LogP contribution in [0.1, 0.15) is 5.56 Å². The fourth-order valence-electron chi connectivity index (χ4n) is 1.44. The minimum absolute atomic E-state index is 0.937. The fraction of sp³-hybridized carbons (Fsp3) is 0.286. The molecule has 0 spiro atoms. The molecule has 3 nitrogen and oxygen atoms in total. The Morgan fingerprint density at radius 1 is 1.11 bits per heavy atom. The quantitative estimate of drug-likeness (QED) is 0.776. The van der Waals surface area contributed by atoms with Gasteiger partial charge in [-0.1, -0.05) is 36.4 Å². The maximum absolute atomic E-state index is 9.19. The van der Waals surface area contributed by atoms with Crippen molar-refractivity contribution in [1.29, 1.82) is 10.5 Å². The zero-order valence-corrected chi connectivity index (χ0v) is 11.8. The van der Waals surface area contributed by atoms with Crippen LogP contribution in [0.3, 0.4) is 0 Å². The molecule has 1 aromatic rings. The second-order valence-corrected chi connectivity index (χ2v) is 9.35. The number of hydrogen-bond donors (Lipinski definition) is 0. The molecule has 0 radical (unpaired) electrons. The third-order valence-corrected chi connectivity index (χ3v) is 3.04. The minimum Gasteiger partial charge on any atom is -0.386 e. The molecule has 0 bridgehead atoms. The van der Waals surface area contributed by atoms with Gasteiger partial charge in [0.25, 0.3) is 5.60 Å². The Morgan fingerprint density at radius 2 is 1.67 bits per heavy atom. The monoisotopic (exact) mass is 256 g/mol. The summed E-state index contributed by atoms with van der Waals surface area (Å²) in [5.74, 6) is 0. The SMILES string of the molecule is C[Si](C)(C)OC(C#N)(C#N)C=Cc1ccccc1. The maximum Gasteiger partial charge on any atom is 0.251 e. The fourth-order valence-corrected chi connectivity index (χ4v) is 2.57. The highest BCUT2D eigenvalue weighted by Crippen LogP contribution is 2.20. The zero-order valence-electron chi connectivity index (χ0n) is 10.8. The van der Waals surface area contributed by atoms with Gasteiger partial charge in [0, 0.05) is 0 Å². The summed E-state index contributed by atoms with van der Waals surface area (Å²) >= 11 is 0. The van der Waals surface area contributed by atoms with Gasteiger partial charge in [0.05, 0.1) is 0 Å². The summed E-state index contributed by atoms with van der Waals surface area (Å²) in [7, 11) is -1.97. The molecule has 0 aromatic heterocycles. The molecule has 0 aliphatic heterocycles. The summed E-state index contributed by atoms with van der Waals surface area (Å²) in [5, 5.41) is 18.4. The van der Waals surface area contributed by atoms with Crippen LogP contribution in [0.5, 0.6) is 0 Å². The second kappa shape index (κ2) is 5.64. The Hall–Kier alpha value is -1.88. The van der Waals surface area contributed by atoms with Gasteiger partial charge in [0.2, 0.25) is 0 Å². The Bertz CT molecular complexity index is 489. The van der Waals surface area contributed by atoms with E-state index < -0.39 is 13.9 Å². The van der Waals surface area contributed by atoms with Crippen molar-refractivity contribution in [3.05, 3.63) is 42.0 Å². The van der Waals surface area contributed by atoms with E-state index in [1.54, 1.807) is 6.08 Å². The van der Waals surface area contributed by atoms with Crippen molar-refractivity contribution in [2.45, 2.75) is 25.2 Å². The van der Waals surface area contributed by atoms with Crippen molar-refractivity contribution < 1.29 is 4.43 Å². The molecule has 1 rings (SSSR count). The van der Waals surface area contributed by atoms with Crippen LogP contribution in [0.4, 0.5) is 0 Å². The number of benzene rings is 1. The molecule has 0 fully saturated rings. The Morgan fingerprint density at radius 3 is 2.11 bits per heavy atom. The van der Waals surface area contributed by atoms with Gasteiger partial charge in [0.1, 0.15) is 12.1 Å². The summed E-state index contributed by atoms with van der Waals surface area (Å²) in [4.78, 5) is 0. The lowest BCUT2D eigenvalue weighted by Gasteiger charge is -2.25. The molecule has 0 atom stereocenters. The van der Waals surface area contributed by atoms with Gasteiger partial charge in [0.15, 0.2) is 8.32 Å². The first-order valence-electron chi connectivity index (χ1n) is 5.68. The van der Waals surface area contributed by atoms with Crippen molar-refractivity contribution in [2.24, 2.45) is 0 Å². The highest BCUT2D eigenvalue weighted by Gasteiger charge is 2.34. The van der Waals surface area contributed by atoms with Crippen LogP contribution in [-0.2, 0) is 4.43 Å². The molecule has 1 aromatic carbocycles. The summed E-state index contributed by atoms with van der Waals surface area (Å²) in [6.45, 7) is 5.85. The van der Waals surface area contributed by atoms with Crippen molar-refractivity contribution >= 4 is 14.4 Å². The van der Waals surface area contributed by atoms with Gasteiger partial charge in [-0.3, -0.25) is 0 Å². The lowest BCUT2D eigenvalue weighted by atomic mass is 10.1. The van der Waals surface area contributed by atoms with Gasteiger partial charge in [-0.05, 0) is 31.3 Å². The molecule has 92 valence electrons. The first-order chi connectivity index (χ1) is 8.41. The average Bonchev–Trinajstić information content (AvgIpc) is 2.34. The van der Waals surface area contributed by atoms with E-state index in [9.17, 15) is 10.5 Å². The van der Waals surface area contributed by atoms with Crippen LogP contribution in [0.15, 0.2) is 36.4 Å². The summed E-state index contributed by atoms with van der Waals surface area (Å²) in [5.41, 5.74) is -0.549. The van der Waals surface area contributed by atoms with Crippen molar-refractivity contribution in [1.82, 2.24) is 0 Å². The van der Waals surface area contributed by atoms with Gasteiger partial charge < -0.3 is 4.43 Å². The molecule has 0 saturated heterocycles. The maximum atomic E-state index is 9.19. The van der Waals surface area contributed by atoms with Crippen LogP contribution >= 0.6 is 0 Å². The van der Waals surface area contributed by atoms with Crippen LogP contribution in [-0.4, -0.2) is 13.9 Å². The van der Waals surface area contributed by atoms with Gasteiger partial charge in [-0.2, -0.15) is 10.5 Å². The topological polar surface area (TPSA) is 56.8 Å². The van der Waals surface area contributed by atoms with E-state index in [1.165, 1.54) is 6.08 Å². The Kier molecular flexibility index (Phi) is 4.44. The number of nitrogens with zero attached hydrogens (tertiary/aromatic N) is 2. The molecule has 0 saturated carbocycles. The average molecular weight is 256 g/mol. The van der Waals surface area contributed by atoms with Gasteiger partial charge in [-0.15, -0.1) is 0 Å². The summed E-state index contributed by atoms with van der Waals surface area (Å²) < 4.78 is 5.68. The Balaban J connectivity index is 2.99. The van der Waals surface area contributed by atoms with E-state index in [2.05, 4.69) is 0 Å². The molecule has 0 unspecified atom stereocenters. The normalized spacial score (nSPS) is 12.1. The van der Waals surface area contributed by atoms with Crippen LogP contribution < -0.4 is 0 Å². The lowest BCUT2D eigenvalue weighted by molar-refractivity contribution is 0.230. The molecule has 0 amide bonds. The molecule has 0 aliphatic rings. The van der Waals surface area contributed by atoms with Gasteiger partial charge in [-0.25, -0.2) is 0 Å². The number of hydrogen-bond acceptors (Lipinski definition) is 3. The molecular weight excluding hydrogens is 240 g/mol. The highest BCUT2D eigenvalue weighted by atomic mass is 28.4. The first kappa shape index (κ1) is 14.2. The van der Waals surface area contributed by atoms with Crippen molar-refractivity contribution in [3.63, 3.8) is 0 Å². The molecule has 0 N–H and O–H groups in total. The van der Waals surface area contributed by atoms with E-state index in [4.69, 9.17) is 4.43 Å². The van der Waals surface area contributed by atoms with Gasteiger partial charge >= 0.3 is 0 Å². The van der Waals surface area contributed by atoms with E-state index in [1.807, 2.05) is 62.1 Å². The first-order valence-corrected chi connectivity index (χ1v) is 9.09. The van der Waals surface area contributed by atoms with Crippen LogP contribution in [0.25, 0.3) is 6.08 Å². The zero-order chi connectivity index (χ0) is 13.6. The number of rotatable bonds is 4. The highest BCUT2D eigenvalue weighted by molar-refractivity contribution is 6.69. The minimum atomic E-state index is -1.97. The summed E-state index contributed by atoms with van der Waals surface area (Å²) in [6, 6.07) is 13.4. The van der Waals surface area contributed by atoms with Crippen molar-refractivity contribution in [2.75, 3.05) is 0 Å². The molecule has 18 heavy (non-hydrogen) atoms. The Labute approximate surface area is 109 Å². The molecular formula is C14H16N2OSi.